The van der Waals surface area contributed by atoms with E-state index in [9.17, 15) is 0 Å². The molecule has 0 bridgehead atoms. The summed E-state index contributed by atoms with van der Waals surface area (Å²) in [5, 5.41) is 0. The molecule has 1 fully saturated rings. The molecule has 1 heterocycles. The molecule has 66 valence electrons. The van der Waals surface area contributed by atoms with Crippen molar-refractivity contribution in [1.29, 1.82) is 0 Å². The summed E-state index contributed by atoms with van der Waals surface area (Å²) in [5.41, 5.74) is 5.86. The van der Waals surface area contributed by atoms with E-state index in [0.29, 0.717) is 6.04 Å². The highest BCUT2D eigenvalue weighted by atomic mass is 32.2. The lowest BCUT2D eigenvalue weighted by Crippen LogP contribution is -2.41. The maximum Gasteiger partial charge on any atom is 0.0165 e. The molecule has 0 aromatic heterocycles. The second-order valence-electron chi connectivity index (χ2n) is 3.08. The second-order valence-corrected chi connectivity index (χ2v) is 4.31. The first-order chi connectivity index (χ1) is 5.33. The summed E-state index contributed by atoms with van der Waals surface area (Å²) in [6, 6.07) is 0.387. The van der Waals surface area contributed by atoms with Crippen LogP contribution in [0, 0.1) is 0 Å². The molecule has 0 aromatic carbocycles. The van der Waals surface area contributed by atoms with Crippen LogP contribution in [0.2, 0.25) is 0 Å². The molecule has 0 aliphatic carbocycles. The predicted octanol–water partition coefficient (Wildman–Crippen LogP) is 0.772. The first-order valence-electron chi connectivity index (χ1n) is 4.38. The average molecular weight is 174 g/mol. The number of rotatable bonds is 3. The lowest BCUT2D eigenvalue weighted by molar-refractivity contribution is 0.279. The van der Waals surface area contributed by atoms with Crippen LogP contribution < -0.4 is 5.73 Å². The van der Waals surface area contributed by atoms with Gasteiger partial charge in [-0.3, -0.25) is 0 Å². The second kappa shape index (κ2) is 5.01. The number of nitrogens with zero attached hydrogens (tertiary/aromatic N) is 1. The van der Waals surface area contributed by atoms with Crippen LogP contribution >= 0.6 is 11.8 Å². The summed E-state index contributed by atoms with van der Waals surface area (Å²) < 4.78 is 0. The molecule has 11 heavy (non-hydrogen) atoms. The van der Waals surface area contributed by atoms with Crippen LogP contribution in [-0.2, 0) is 0 Å². The van der Waals surface area contributed by atoms with Gasteiger partial charge in [-0.15, -0.1) is 0 Å². The van der Waals surface area contributed by atoms with Crippen LogP contribution in [0.5, 0.6) is 0 Å². The van der Waals surface area contributed by atoms with Gasteiger partial charge in [0, 0.05) is 37.2 Å². The van der Waals surface area contributed by atoms with Gasteiger partial charge in [-0.05, 0) is 6.42 Å². The first kappa shape index (κ1) is 9.36. The van der Waals surface area contributed by atoms with Crippen LogP contribution in [0.25, 0.3) is 0 Å². The van der Waals surface area contributed by atoms with E-state index < -0.39 is 0 Å². The molecule has 0 unspecified atom stereocenters. The Hall–Kier alpha value is 0.270. The Balaban J connectivity index is 2.13. The Labute approximate surface area is 73.5 Å². The lowest BCUT2D eigenvalue weighted by atomic mass is 10.2. The summed E-state index contributed by atoms with van der Waals surface area (Å²) in [4.78, 5) is 2.48. The molecule has 1 saturated heterocycles. The van der Waals surface area contributed by atoms with Crippen LogP contribution in [-0.4, -0.2) is 42.1 Å². The highest BCUT2D eigenvalue weighted by Crippen LogP contribution is 2.09. The maximum atomic E-state index is 5.86. The average Bonchev–Trinajstić information content (AvgIpc) is 2.06. The Bertz CT molecular complexity index is 102. The fraction of sp³-hybridized carbons (Fsp3) is 1.00. The third-order valence-electron chi connectivity index (χ3n) is 2.12. The molecule has 1 rings (SSSR count). The summed E-state index contributed by atoms with van der Waals surface area (Å²) >= 11 is 2.05. The van der Waals surface area contributed by atoms with Crippen molar-refractivity contribution in [2.24, 2.45) is 5.73 Å². The minimum Gasteiger partial charge on any atom is -0.327 e. The largest absolute Gasteiger partial charge is 0.327 e. The van der Waals surface area contributed by atoms with E-state index in [2.05, 4.69) is 23.6 Å². The van der Waals surface area contributed by atoms with E-state index >= 15 is 0 Å². The number of hydrogen-bond donors (Lipinski definition) is 1. The monoisotopic (exact) mass is 174 g/mol. The van der Waals surface area contributed by atoms with Gasteiger partial charge >= 0.3 is 0 Å². The maximum absolute atomic E-state index is 5.86. The van der Waals surface area contributed by atoms with Gasteiger partial charge in [-0.1, -0.05) is 6.92 Å². The van der Waals surface area contributed by atoms with Gasteiger partial charge in [0.2, 0.25) is 0 Å². The van der Waals surface area contributed by atoms with Gasteiger partial charge < -0.3 is 10.6 Å². The Morgan fingerprint density at radius 3 is 2.64 bits per heavy atom. The summed E-state index contributed by atoms with van der Waals surface area (Å²) in [5.74, 6) is 2.58. The fourth-order valence-corrected chi connectivity index (χ4v) is 2.22. The Morgan fingerprint density at radius 1 is 1.45 bits per heavy atom. The van der Waals surface area contributed by atoms with Gasteiger partial charge in [-0.2, -0.15) is 11.8 Å². The van der Waals surface area contributed by atoms with Crippen molar-refractivity contribution < 1.29 is 0 Å². The molecular weight excluding hydrogens is 156 g/mol. The minimum atomic E-state index is 0.387. The number of thioether (sulfide) groups is 1. The minimum absolute atomic E-state index is 0.387. The smallest absolute Gasteiger partial charge is 0.0165 e. The van der Waals surface area contributed by atoms with Crippen LogP contribution in [0.1, 0.15) is 13.3 Å². The normalized spacial score (nSPS) is 23.5. The lowest BCUT2D eigenvalue weighted by Gasteiger charge is -2.28. The van der Waals surface area contributed by atoms with Crippen LogP contribution in [0.4, 0.5) is 0 Å². The SMILES string of the molecule is CC[C@H](N)CN1CCSCC1. The van der Waals surface area contributed by atoms with Crippen molar-refractivity contribution in [3.05, 3.63) is 0 Å². The van der Waals surface area contributed by atoms with Gasteiger partial charge in [0.1, 0.15) is 0 Å². The molecule has 0 amide bonds. The summed E-state index contributed by atoms with van der Waals surface area (Å²) in [6.45, 7) is 5.72. The van der Waals surface area contributed by atoms with Crippen molar-refractivity contribution in [2.45, 2.75) is 19.4 Å². The van der Waals surface area contributed by atoms with Gasteiger partial charge in [0.15, 0.2) is 0 Å². The molecule has 0 aromatic rings. The highest BCUT2D eigenvalue weighted by molar-refractivity contribution is 7.99. The molecule has 0 radical (unpaired) electrons. The van der Waals surface area contributed by atoms with Crippen molar-refractivity contribution >= 4 is 11.8 Å². The topological polar surface area (TPSA) is 29.3 Å². The molecule has 1 atom stereocenters. The molecule has 1 aliphatic rings. The fourth-order valence-electron chi connectivity index (χ4n) is 1.24. The quantitative estimate of drug-likeness (QED) is 0.685. The zero-order chi connectivity index (χ0) is 8.10. The van der Waals surface area contributed by atoms with Gasteiger partial charge in [0.25, 0.3) is 0 Å². The highest BCUT2D eigenvalue weighted by Gasteiger charge is 2.12. The first-order valence-corrected chi connectivity index (χ1v) is 5.54. The molecule has 2 N–H and O–H groups in total. The van der Waals surface area contributed by atoms with E-state index in [1.54, 1.807) is 0 Å². The predicted molar refractivity (Wildman–Crippen MR) is 52.0 cm³/mol. The van der Waals surface area contributed by atoms with Crippen LogP contribution in [0.3, 0.4) is 0 Å². The molecule has 2 nitrogen and oxygen atoms in total. The van der Waals surface area contributed by atoms with Crippen molar-refractivity contribution in [2.75, 3.05) is 31.1 Å². The molecule has 3 heteroatoms. The van der Waals surface area contributed by atoms with E-state index in [4.69, 9.17) is 5.73 Å². The van der Waals surface area contributed by atoms with Crippen molar-refractivity contribution in [3.8, 4) is 0 Å². The third kappa shape index (κ3) is 3.45. The third-order valence-corrected chi connectivity index (χ3v) is 3.06. The van der Waals surface area contributed by atoms with Crippen LogP contribution in [0.15, 0.2) is 0 Å². The summed E-state index contributed by atoms with van der Waals surface area (Å²) in [6.07, 6.45) is 1.10. The zero-order valence-corrected chi connectivity index (χ0v) is 8.07. The van der Waals surface area contributed by atoms with E-state index in [1.807, 2.05) is 0 Å². The summed E-state index contributed by atoms with van der Waals surface area (Å²) in [7, 11) is 0. The van der Waals surface area contributed by atoms with Gasteiger partial charge in [-0.25, -0.2) is 0 Å². The molecular formula is C8H18N2S. The number of nitrogens with two attached hydrogens (primary N) is 1. The Kier molecular flexibility index (Phi) is 4.26. The van der Waals surface area contributed by atoms with E-state index in [1.165, 1.54) is 24.6 Å². The number of hydrogen-bond acceptors (Lipinski definition) is 3. The molecule has 0 saturated carbocycles. The standard InChI is InChI=1S/C8H18N2S/c1-2-8(9)7-10-3-5-11-6-4-10/h8H,2-7,9H2,1H3/t8-/m0/s1. The molecule has 1 aliphatic heterocycles. The van der Waals surface area contributed by atoms with Crippen molar-refractivity contribution in [3.63, 3.8) is 0 Å². The van der Waals surface area contributed by atoms with Gasteiger partial charge in [0.05, 0.1) is 0 Å². The van der Waals surface area contributed by atoms with E-state index in [0.717, 1.165) is 13.0 Å². The molecule has 0 spiro atoms. The zero-order valence-electron chi connectivity index (χ0n) is 7.25. The van der Waals surface area contributed by atoms with E-state index in [-0.39, 0.29) is 0 Å². The van der Waals surface area contributed by atoms with Crippen molar-refractivity contribution in [1.82, 2.24) is 4.90 Å². The Morgan fingerprint density at radius 2 is 2.09 bits per heavy atom.